The fourth-order valence-electron chi connectivity index (χ4n) is 3.38. The number of amides is 1. The summed E-state index contributed by atoms with van der Waals surface area (Å²) >= 11 is 0. The Morgan fingerprint density at radius 2 is 1.68 bits per heavy atom. The first-order chi connectivity index (χ1) is 11.6. The predicted octanol–water partition coefficient (Wildman–Crippen LogP) is 3.01. The van der Waals surface area contributed by atoms with Crippen LogP contribution in [0, 0.1) is 11.8 Å². The van der Waals surface area contributed by atoms with Crippen molar-refractivity contribution in [3.63, 3.8) is 0 Å². The van der Waals surface area contributed by atoms with E-state index in [0.717, 1.165) is 44.1 Å². The minimum absolute atomic E-state index is 0. The molecule has 140 valence electrons. The lowest BCUT2D eigenvalue weighted by molar-refractivity contribution is -0.137. The molecule has 1 saturated carbocycles. The molecular weight excluding hydrogens is 340 g/mol. The van der Waals surface area contributed by atoms with Crippen molar-refractivity contribution in [2.45, 2.75) is 44.9 Å². The van der Waals surface area contributed by atoms with E-state index in [4.69, 9.17) is 10.8 Å². The summed E-state index contributed by atoms with van der Waals surface area (Å²) in [4.78, 5) is 22.8. The molecule has 0 saturated heterocycles. The van der Waals surface area contributed by atoms with Crippen LogP contribution in [-0.2, 0) is 11.2 Å². The molecule has 4 N–H and O–H groups in total. The molecule has 1 aromatic rings. The fourth-order valence-corrected chi connectivity index (χ4v) is 3.38. The third kappa shape index (κ3) is 7.45. The molecule has 2 rings (SSSR count). The number of halogens is 1. The molecule has 1 amide bonds. The molecule has 0 atom stereocenters. The third-order valence-corrected chi connectivity index (χ3v) is 4.93. The van der Waals surface area contributed by atoms with Crippen LogP contribution >= 0.6 is 12.4 Å². The monoisotopic (exact) mass is 368 g/mol. The van der Waals surface area contributed by atoms with E-state index in [1.54, 1.807) is 0 Å². The van der Waals surface area contributed by atoms with Crippen LogP contribution in [0.25, 0.3) is 0 Å². The zero-order valence-electron chi connectivity index (χ0n) is 14.6. The summed E-state index contributed by atoms with van der Waals surface area (Å²) in [6.45, 7) is 1.32. The van der Waals surface area contributed by atoms with E-state index in [1.165, 1.54) is 0 Å². The first-order valence-corrected chi connectivity index (χ1v) is 8.87. The molecule has 0 unspecified atom stereocenters. The smallest absolute Gasteiger partial charge is 0.303 e. The molecule has 1 aliphatic rings. The molecule has 0 radical (unpaired) electrons. The quantitative estimate of drug-likeness (QED) is 0.657. The Bertz CT molecular complexity index is 540. The molecule has 1 fully saturated rings. The number of rotatable bonds is 8. The Morgan fingerprint density at radius 3 is 2.24 bits per heavy atom. The van der Waals surface area contributed by atoms with Gasteiger partial charge < -0.3 is 16.2 Å². The molecule has 5 nitrogen and oxygen atoms in total. The lowest BCUT2D eigenvalue weighted by Crippen LogP contribution is -2.31. The molecule has 25 heavy (non-hydrogen) atoms. The van der Waals surface area contributed by atoms with Crippen LogP contribution in [0.3, 0.4) is 0 Å². The highest BCUT2D eigenvalue weighted by atomic mass is 35.5. The van der Waals surface area contributed by atoms with E-state index in [1.807, 2.05) is 24.3 Å². The van der Waals surface area contributed by atoms with Crippen LogP contribution in [-0.4, -0.2) is 30.1 Å². The number of benzene rings is 1. The highest BCUT2D eigenvalue weighted by Gasteiger charge is 2.22. The molecule has 0 heterocycles. The van der Waals surface area contributed by atoms with E-state index >= 15 is 0 Å². The topological polar surface area (TPSA) is 92.4 Å². The normalized spacial score (nSPS) is 19.7. The molecule has 0 aromatic heterocycles. The van der Waals surface area contributed by atoms with E-state index in [9.17, 15) is 9.59 Å². The van der Waals surface area contributed by atoms with Crippen molar-refractivity contribution in [1.82, 2.24) is 5.32 Å². The molecule has 0 bridgehead atoms. The summed E-state index contributed by atoms with van der Waals surface area (Å²) in [6, 6.07) is 7.61. The number of nitrogens with one attached hydrogen (secondary N) is 1. The van der Waals surface area contributed by atoms with Crippen LogP contribution in [0.2, 0.25) is 0 Å². The summed E-state index contributed by atoms with van der Waals surface area (Å²) in [5.41, 5.74) is 7.36. The van der Waals surface area contributed by atoms with E-state index in [0.29, 0.717) is 30.5 Å². The van der Waals surface area contributed by atoms with Crippen molar-refractivity contribution in [1.29, 1.82) is 0 Å². The Labute approximate surface area is 155 Å². The van der Waals surface area contributed by atoms with Crippen molar-refractivity contribution >= 4 is 24.3 Å². The molecule has 6 heteroatoms. The summed E-state index contributed by atoms with van der Waals surface area (Å²) < 4.78 is 0. The molecular formula is C19H29ClN2O3. The summed E-state index contributed by atoms with van der Waals surface area (Å²) in [6.07, 6.45) is 6.16. The minimum Gasteiger partial charge on any atom is -0.481 e. The number of carbonyl (C=O) groups is 2. The van der Waals surface area contributed by atoms with Crippen molar-refractivity contribution in [3.05, 3.63) is 35.4 Å². The van der Waals surface area contributed by atoms with Gasteiger partial charge >= 0.3 is 5.97 Å². The Balaban J connectivity index is 0.00000312. The molecule has 0 aliphatic heterocycles. The number of nitrogens with two attached hydrogens (primary N) is 1. The van der Waals surface area contributed by atoms with Gasteiger partial charge in [-0.15, -0.1) is 12.4 Å². The van der Waals surface area contributed by atoms with Gasteiger partial charge in [-0.05, 0) is 61.8 Å². The summed E-state index contributed by atoms with van der Waals surface area (Å²) in [5, 5.41) is 11.8. The second kappa shape index (κ2) is 11.1. The maximum absolute atomic E-state index is 12.2. The van der Waals surface area contributed by atoms with E-state index < -0.39 is 5.97 Å². The Hall–Kier alpha value is -1.59. The van der Waals surface area contributed by atoms with Gasteiger partial charge in [-0.1, -0.05) is 25.0 Å². The zero-order valence-corrected chi connectivity index (χ0v) is 15.4. The summed E-state index contributed by atoms with van der Waals surface area (Å²) in [5.74, 6) is 0.304. The molecule has 1 aromatic carbocycles. The van der Waals surface area contributed by atoms with Gasteiger partial charge in [0, 0.05) is 18.5 Å². The minimum atomic E-state index is -0.707. The second-order valence-electron chi connectivity index (χ2n) is 6.76. The van der Waals surface area contributed by atoms with Gasteiger partial charge in [-0.3, -0.25) is 9.59 Å². The van der Waals surface area contributed by atoms with Gasteiger partial charge in [0.1, 0.15) is 0 Å². The Kier molecular flexibility index (Phi) is 9.53. The molecule has 0 spiro atoms. The van der Waals surface area contributed by atoms with Crippen LogP contribution in [0.15, 0.2) is 24.3 Å². The zero-order chi connectivity index (χ0) is 17.4. The molecule has 1 aliphatic carbocycles. The predicted molar refractivity (Wildman–Crippen MR) is 101 cm³/mol. The van der Waals surface area contributed by atoms with Gasteiger partial charge in [0.2, 0.25) is 0 Å². The number of carboxylic acids is 1. The number of hydrogen-bond donors (Lipinski definition) is 3. The van der Waals surface area contributed by atoms with Gasteiger partial charge in [0.15, 0.2) is 0 Å². The van der Waals surface area contributed by atoms with Gasteiger partial charge in [0.25, 0.3) is 5.91 Å². The largest absolute Gasteiger partial charge is 0.481 e. The highest BCUT2D eigenvalue weighted by Crippen LogP contribution is 2.31. The van der Waals surface area contributed by atoms with Crippen LogP contribution in [0.1, 0.15) is 54.4 Å². The standard InChI is InChI=1S/C19H28N2O3.ClH/c20-12-11-15-5-8-17(9-6-15)19(24)21-13-16-3-1-14(2-4-16)7-10-18(22)23;/h5-6,8-9,14,16H,1-4,7,10-13,20H2,(H,21,24)(H,22,23);1H/t14-,16-;. The van der Waals surface area contributed by atoms with E-state index in [-0.39, 0.29) is 24.7 Å². The third-order valence-electron chi connectivity index (χ3n) is 4.93. The fraction of sp³-hybridized carbons (Fsp3) is 0.579. The second-order valence-corrected chi connectivity index (χ2v) is 6.76. The van der Waals surface area contributed by atoms with Crippen LogP contribution in [0.4, 0.5) is 0 Å². The van der Waals surface area contributed by atoms with Gasteiger partial charge in [-0.25, -0.2) is 0 Å². The lowest BCUT2D eigenvalue weighted by atomic mass is 9.80. The first-order valence-electron chi connectivity index (χ1n) is 8.87. The van der Waals surface area contributed by atoms with Crippen LogP contribution in [0.5, 0.6) is 0 Å². The van der Waals surface area contributed by atoms with Crippen molar-refractivity contribution < 1.29 is 14.7 Å². The number of aliphatic carboxylic acids is 1. The SMILES string of the molecule is Cl.NCCc1ccc(C(=O)NC[C@H]2CC[C@H](CCC(=O)O)CC2)cc1. The maximum atomic E-state index is 12.2. The number of carbonyl (C=O) groups excluding carboxylic acids is 1. The number of carboxylic acid groups (broad SMARTS) is 1. The van der Waals surface area contributed by atoms with Crippen molar-refractivity contribution in [2.24, 2.45) is 17.6 Å². The van der Waals surface area contributed by atoms with Gasteiger partial charge in [-0.2, -0.15) is 0 Å². The van der Waals surface area contributed by atoms with Gasteiger partial charge in [0.05, 0.1) is 0 Å². The Morgan fingerprint density at radius 1 is 1.08 bits per heavy atom. The van der Waals surface area contributed by atoms with Crippen molar-refractivity contribution in [3.8, 4) is 0 Å². The highest BCUT2D eigenvalue weighted by molar-refractivity contribution is 5.94. The van der Waals surface area contributed by atoms with Crippen LogP contribution < -0.4 is 11.1 Å². The average molecular weight is 369 g/mol. The maximum Gasteiger partial charge on any atom is 0.303 e. The average Bonchev–Trinajstić information content (AvgIpc) is 2.59. The van der Waals surface area contributed by atoms with Crippen molar-refractivity contribution in [2.75, 3.05) is 13.1 Å². The lowest BCUT2D eigenvalue weighted by Gasteiger charge is -2.28. The number of hydrogen-bond acceptors (Lipinski definition) is 3. The summed E-state index contributed by atoms with van der Waals surface area (Å²) in [7, 11) is 0. The first kappa shape index (κ1) is 21.5. The van der Waals surface area contributed by atoms with E-state index in [2.05, 4.69) is 5.32 Å².